The van der Waals surface area contributed by atoms with Crippen LogP contribution in [0.15, 0.2) is 48.5 Å². The molecule has 1 N–H and O–H groups in total. The molecular weight excluding hydrogens is 342 g/mol. The van der Waals surface area contributed by atoms with E-state index in [1.165, 1.54) is 0 Å². The van der Waals surface area contributed by atoms with E-state index in [2.05, 4.69) is 57.5 Å². The van der Waals surface area contributed by atoms with Gasteiger partial charge < -0.3 is 14.0 Å². The second kappa shape index (κ2) is 7.43. The van der Waals surface area contributed by atoms with Crippen molar-refractivity contribution in [2.45, 2.75) is 51.6 Å². The van der Waals surface area contributed by atoms with E-state index in [9.17, 15) is 0 Å². The van der Waals surface area contributed by atoms with E-state index in [0.717, 1.165) is 22.6 Å². The van der Waals surface area contributed by atoms with Gasteiger partial charge in [-0.05, 0) is 35.8 Å². The van der Waals surface area contributed by atoms with E-state index >= 15 is 0 Å². The molecular formula is C21H29NO3Si. The molecule has 140 valence electrons. The topological polar surface area (TPSA) is 39.7 Å². The van der Waals surface area contributed by atoms with Crippen molar-refractivity contribution >= 4 is 8.32 Å². The molecule has 0 fully saturated rings. The van der Waals surface area contributed by atoms with E-state index < -0.39 is 8.32 Å². The van der Waals surface area contributed by atoms with Crippen LogP contribution in [0, 0.1) is 0 Å². The van der Waals surface area contributed by atoms with Gasteiger partial charge in [-0.15, -0.1) is 0 Å². The molecule has 2 aromatic rings. The Balaban J connectivity index is 1.61. The number of hydrogen-bond donors (Lipinski definition) is 1. The largest absolute Gasteiger partial charge is 0.491 e. The van der Waals surface area contributed by atoms with Gasteiger partial charge in [-0.3, -0.25) is 0 Å². The van der Waals surface area contributed by atoms with Crippen molar-refractivity contribution in [3.05, 3.63) is 59.7 Å². The highest BCUT2D eigenvalue weighted by Gasteiger charge is 2.39. The van der Waals surface area contributed by atoms with Crippen LogP contribution in [0.3, 0.4) is 0 Å². The minimum absolute atomic E-state index is 0.0577. The first-order chi connectivity index (χ1) is 12.3. The number of ether oxygens (including phenoxy) is 2. The first-order valence-electron chi connectivity index (χ1n) is 9.13. The molecule has 0 aromatic heterocycles. The lowest BCUT2D eigenvalue weighted by Crippen LogP contribution is -2.46. The summed E-state index contributed by atoms with van der Waals surface area (Å²) in [5, 5.41) is 0.164. The van der Waals surface area contributed by atoms with Crippen LogP contribution in [0.1, 0.15) is 37.9 Å². The summed E-state index contributed by atoms with van der Waals surface area (Å²) < 4.78 is 17.9. The quantitative estimate of drug-likeness (QED) is 0.558. The third-order valence-electron chi connectivity index (χ3n) is 5.28. The van der Waals surface area contributed by atoms with Crippen LogP contribution >= 0.6 is 0 Å². The lowest BCUT2D eigenvalue weighted by Gasteiger charge is -2.36. The van der Waals surface area contributed by atoms with Crippen molar-refractivity contribution in [3.8, 4) is 11.5 Å². The van der Waals surface area contributed by atoms with Gasteiger partial charge in [0.25, 0.3) is 0 Å². The first-order valence-corrected chi connectivity index (χ1v) is 12.0. The van der Waals surface area contributed by atoms with Crippen molar-refractivity contribution in [2.75, 3.05) is 6.61 Å². The van der Waals surface area contributed by atoms with E-state index in [1.807, 2.05) is 30.3 Å². The molecule has 0 aliphatic carbocycles. The molecule has 0 radical (unpaired) electrons. The summed E-state index contributed by atoms with van der Waals surface area (Å²) in [5.41, 5.74) is 5.53. The van der Waals surface area contributed by atoms with Gasteiger partial charge in [0.15, 0.2) is 0 Å². The van der Waals surface area contributed by atoms with E-state index in [-0.39, 0.29) is 11.1 Å². The van der Waals surface area contributed by atoms with Gasteiger partial charge in [0.1, 0.15) is 24.7 Å². The average molecular weight is 372 g/mol. The lowest BCUT2D eigenvalue weighted by molar-refractivity contribution is 0.121. The highest BCUT2D eigenvalue weighted by atomic mass is 28.4. The zero-order chi connectivity index (χ0) is 18.8. The van der Waals surface area contributed by atoms with Gasteiger partial charge in [-0.1, -0.05) is 51.1 Å². The monoisotopic (exact) mass is 371 g/mol. The second-order valence-corrected chi connectivity index (χ2v) is 13.0. The molecule has 5 heteroatoms. The van der Waals surface area contributed by atoms with Gasteiger partial charge in [-0.2, -0.15) is 0 Å². The minimum atomic E-state index is -1.85. The molecule has 4 nitrogen and oxygen atoms in total. The van der Waals surface area contributed by atoms with Crippen molar-refractivity contribution in [2.24, 2.45) is 0 Å². The fraction of sp³-hybridized carbons (Fsp3) is 0.429. The molecule has 0 spiro atoms. The summed E-state index contributed by atoms with van der Waals surface area (Å²) in [6.45, 7) is 12.3. The molecule has 1 unspecified atom stereocenters. The Morgan fingerprint density at radius 2 is 1.85 bits per heavy atom. The SMILES string of the molecule is CC(C)(C)[Si](C)(C)ONC1COc2cc(OCc3ccccc3)ccc21. The third kappa shape index (κ3) is 4.28. The van der Waals surface area contributed by atoms with Crippen LogP contribution in [0.25, 0.3) is 0 Å². The maximum Gasteiger partial charge on any atom is 0.219 e. The van der Waals surface area contributed by atoms with Crippen LogP contribution in [0.2, 0.25) is 18.1 Å². The Morgan fingerprint density at radius 1 is 1.12 bits per heavy atom. The third-order valence-corrected chi connectivity index (χ3v) is 9.52. The highest BCUT2D eigenvalue weighted by molar-refractivity contribution is 6.74. The fourth-order valence-electron chi connectivity index (χ4n) is 2.49. The maximum absolute atomic E-state index is 6.15. The van der Waals surface area contributed by atoms with Gasteiger partial charge >= 0.3 is 0 Å². The zero-order valence-corrected chi connectivity index (χ0v) is 17.3. The smallest absolute Gasteiger partial charge is 0.219 e. The molecule has 26 heavy (non-hydrogen) atoms. The fourth-order valence-corrected chi connectivity index (χ4v) is 3.23. The summed E-state index contributed by atoms with van der Waals surface area (Å²) >= 11 is 0. The van der Waals surface area contributed by atoms with E-state index in [1.54, 1.807) is 0 Å². The van der Waals surface area contributed by atoms with Crippen molar-refractivity contribution in [3.63, 3.8) is 0 Å². The summed E-state index contributed by atoms with van der Waals surface area (Å²) in [6.07, 6.45) is 0. The Morgan fingerprint density at radius 3 is 2.54 bits per heavy atom. The average Bonchev–Trinajstić information content (AvgIpc) is 3.00. The summed E-state index contributed by atoms with van der Waals surface area (Å²) in [7, 11) is -1.85. The molecule has 2 aromatic carbocycles. The molecule has 0 bridgehead atoms. The van der Waals surface area contributed by atoms with Crippen LogP contribution in [-0.4, -0.2) is 14.9 Å². The van der Waals surface area contributed by atoms with Crippen LogP contribution in [-0.2, 0) is 11.1 Å². The van der Waals surface area contributed by atoms with Gasteiger partial charge in [-0.25, -0.2) is 5.48 Å². The maximum atomic E-state index is 6.15. The normalized spacial score (nSPS) is 16.9. The predicted octanol–water partition coefficient (Wildman–Crippen LogP) is 5.23. The van der Waals surface area contributed by atoms with E-state index in [4.69, 9.17) is 14.0 Å². The molecule has 0 saturated heterocycles. The Labute approximate surface area is 157 Å². The number of nitrogens with one attached hydrogen (secondary N) is 1. The van der Waals surface area contributed by atoms with E-state index in [0.29, 0.717) is 13.2 Å². The van der Waals surface area contributed by atoms with Crippen molar-refractivity contribution in [1.29, 1.82) is 0 Å². The highest BCUT2D eigenvalue weighted by Crippen LogP contribution is 2.39. The van der Waals surface area contributed by atoms with Gasteiger partial charge in [0.05, 0.1) is 6.04 Å². The molecule has 1 aliphatic rings. The summed E-state index contributed by atoms with van der Waals surface area (Å²) in [5.74, 6) is 1.69. The molecule has 0 amide bonds. The lowest BCUT2D eigenvalue weighted by atomic mass is 10.1. The molecule has 1 atom stereocenters. The number of rotatable bonds is 6. The predicted molar refractivity (Wildman–Crippen MR) is 107 cm³/mol. The number of fused-ring (bicyclic) bond motifs is 1. The molecule has 1 aliphatic heterocycles. The van der Waals surface area contributed by atoms with Crippen LogP contribution < -0.4 is 15.0 Å². The molecule has 1 heterocycles. The van der Waals surface area contributed by atoms with Gasteiger partial charge in [0.2, 0.25) is 8.32 Å². The Hall–Kier alpha value is -1.82. The number of hydroxylamine groups is 1. The van der Waals surface area contributed by atoms with Crippen molar-refractivity contribution in [1.82, 2.24) is 5.48 Å². The second-order valence-electron chi connectivity index (χ2n) is 8.32. The zero-order valence-electron chi connectivity index (χ0n) is 16.3. The first kappa shape index (κ1) is 19.0. The Kier molecular flexibility index (Phi) is 5.41. The summed E-state index contributed by atoms with van der Waals surface area (Å²) in [6, 6.07) is 16.2. The van der Waals surface area contributed by atoms with Gasteiger partial charge in [0, 0.05) is 11.6 Å². The Bertz CT molecular complexity index is 741. The number of hydrogen-bond acceptors (Lipinski definition) is 4. The van der Waals surface area contributed by atoms with Crippen LogP contribution in [0.4, 0.5) is 0 Å². The minimum Gasteiger partial charge on any atom is -0.491 e. The standard InChI is InChI=1S/C21H29NO3Si/c1-21(2,3)26(4,5)25-22-19-15-24-20-13-17(11-12-18(19)20)23-14-16-9-7-6-8-10-16/h6-13,19,22H,14-15H2,1-5H3. The molecule has 0 saturated carbocycles. The van der Waals surface area contributed by atoms with Crippen molar-refractivity contribution < 1.29 is 14.0 Å². The number of benzene rings is 2. The molecule has 3 rings (SSSR count). The summed E-state index contributed by atoms with van der Waals surface area (Å²) in [4.78, 5) is 0. The van der Waals surface area contributed by atoms with Crippen LogP contribution in [0.5, 0.6) is 11.5 Å².